The molecule has 17 heavy (non-hydrogen) atoms. The molecule has 1 aliphatic heterocycles. The Balaban J connectivity index is 2.27. The minimum atomic E-state index is 0.653. The van der Waals surface area contributed by atoms with Gasteiger partial charge < -0.3 is 4.98 Å². The van der Waals surface area contributed by atoms with Crippen LogP contribution < -0.4 is 0 Å². The van der Waals surface area contributed by atoms with Crippen molar-refractivity contribution in [3.63, 3.8) is 0 Å². The monoisotopic (exact) mass is 234 g/mol. The molecule has 1 aromatic rings. The van der Waals surface area contributed by atoms with Crippen LogP contribution in [0.2, 0.25) is 0 Å². The van der Waals surface area contributed by atoms with Crippen LogP contribution in [0, 0.1) is 0 Å². The van der Waals surface area contributed by atoms with E-state index < -0.39 is 0 Å². The van der Waals surface area contributed by atoms with Gasteiger partial charge in [-0.3, -0.25) is 4.90 Å². The highest BCUT2D eigenvalue weighted by Crippen LogP contribution is 2.36. The number of H-pyrrole nitrogens is 1. The van der Waals surface area contributed by atoms with Crippen LogP contribution in [0.15, 0.2) is 12.3 Å². The summed E-state index contributed by atoms with van der Waals surface area (Å²) < 4.78 is 0. The molecule has 0 radical (unpaired) electrons. The maximum absolute atomic E-state index is 3.45. The summed E-state index contributed by atoms with van der Waals surface area (Å²) in [5.41, 5.74) is 3.05. The third-order valence-corrected chi connectivity index (χ3v) is 4.05. The second-order valence-corrected chi connectivity index (χ2v) is 5.22. The Labute approximate surface area is 105 Å². The van der Waals surface area contributed by atoms with E-state index in [0.29, 0.717) is 6.04 Å². The Bertz CT molecular complexity index is 342. The van der Waals surface area contributed by atoms with Crippen molar-refractivity contribution in [3.8, 4) is 0 Å². The lowest BCUT2D eigenvalue weighted by Crippen LogP contribution is -2.43. The number of fused-ring (bicyclic) bond motifs is 1. The smallest absolute Gasteiger partial charge is 0.0368 e. The molecule has 0 saturated carbocycles. The molecular weight excluding hydrogens is 208 g/mol. The molecule has 0 aliphatic carbocycles. The highest BCUT2D eigenvalue weighted by atomic mass is 15.2. The number of hydrogen-bond acceptors (Lipinski definition) is 1. The number of nitrogens with zero attached hydrogens (tertiary/aromatic N) is 1. The van der Waals surface area contributed by atoms with Gasteiger partial charge in [-0.15, -0.1) is 0 Å². The molecular formula is C15H26N2. The summed E-state index contributed by atoms with van der Waals surface area (Å²) in [7, 11) is 0. The second-order valence-electron chi connectivity index (χ2n) is 5.22. The topological polar surface area (TPSA) is 19.0 Å². The van der Waals surface area contributed by atoms with Gasteiger partial charge in [-0.05, 0) is 37.4 Å². The molecule has 96 valence electrons. The Morgan fingerprint density at radius 2 is 2.12 bits per heavy atom. The lowest BCUT2D eigenvalue weighted by Gasteiger charge is -2.42. The van der Waals surface area contributed by atoms with E-state index in [0.717, 1.165) is 6.04 Å². The fourth-order valence-corrected chi connectivity index (χ4v) is 3.26. The van der Waals surface area contributed by atoms with E-state index in [-0.39, 0.29) is 0 Å². The van der Waals surface area contributed by atoms with Gasteiger partial charge >= 0.3 is 0 Å². The molecule has 2 heteroatoms. The average molecular weight is 234 g/mol. The van der Waals surface area contributed by atoms with Crippen molar-refractivity contribution in [2.75, 3.05) is 6.54 Å². The average Bonchev–Trinajstić information content (AvgIpc) is 2.79. The van der Waals surface area contributed by atoms with Gasteiger partial charge in [0.1, 0.15) is 0 Å². The summed E-state index contributed by atoms with van der Waals surface area (Å²) >= 11 is 0. The van der Waals surface area contributed by atoms with E-state index in [1.807, 2.05) is 0 Å². The molecule has 1 N–H and O–H groups in total. The summed E-state index contributed by atoms with van der Waals surface area (Å²) in [6.45, 7) is 8.16. The standard InChI is InChI=1S/C15H26N2/c1-4-7-15-13-8-9-16-14(13)11-12(6-3)17(15)10-5-2/h8-9,12,15-16H,4-7,10-11H2,1-3H3/t12-,15+/m1/s1. The van der Waals surface area contributed by atoms with E-state index in [9.17, 15) is 0 Å². The fourth-order valence-electron chi connectivity index (χ4n) is 3.26. The van der Waals surface area contributed by atoms with Crippen molar-refractivity contribution in [3.05, 3.63) is 23.5 Å². The largest absolute Gasteiger partial charge is 0.365 e. The van der Waals surface area contributed by atoms with Crippen LogP contribution in [0.4, 0.5) is 0 Å². The molecule has 0 fully saturated rings. The zero-order chi connectivity index (χ0) is 12.3. The first kappa shape index (κ1) is 12.7. The SMILES string of the molecule is CCC[C@H]1c2cc[nH]c2C[C@@H](CC)N1CCC. The number of aromatic amines is 1. The first-order chi connectivity index (χ1) is 8.31. The van der Waals surface area contributed by atoms with Gasteiger partial charge in [0.2, 0.25) is 0 Å². The highest BCUT2D eigenvalue weighted by Gasteiger charge is 2.32. The van der Waals surface area contributed by atoms with E-state index in [1.165, 1.54) is 44.3 Å². The van der Waals surface area contributed by atoms with Crippen LogP contribution in [0.1, 0.15) is 63.8 Å². The maximum atomic E-state index is 3.45. The van der Waals surface area contributed by atoms with Crippen molar-refractivity contribution in [2.24, 2.45) is 0 Å². The first-order valence-electron chi connectivity index (χ1n) is 7.23. The Morgan fingerprint density at radius 3 is 2.76 bits per heavy atom. The Hall–Kier alpha value is -0.760. The van der Waals surface area contributed by atoms with Gasteiger partial charge in [0.15, 0.2) is 0 Å². The molecule has 2 nitrogen and oxygen atoms in total. The van der Waals surface area contributed by atoms with Crippen molar-refractivity contribution in [2.45, 2.75) is 65.0 Å². The molecule has 0 unspecified atom stereocenters. The van der Waals surface area contributed by atoms with Crippen LogP contribution in [0.5, 0.6) is 0 Å². The molecule has 1 aromatic heterocycles. The summed E-state index contributed by atoms with van der Waals surface area (Å²) in [5.74, 6) is 0. The normalized spacial score (nSPS) is 24.9. The van der Waals surface area contributed by atoms with Crippen molar-refractivity contribution in [1.29, 1.82) is 0 Å². The fraction of sp³-hybridized carbons (Fsp3) is 0.733. The molecule has 0 aromatic carbocycles. The van der Waals surface area contributed by atoms with Crippen molar-refractivity contribution in [1.82, 2.24) is 9.88 Å². The van der Waals surface area contributed by atoms with Crippen molar-refractivity contribution >= 4 is 0 Å². The van der Waals surface area contributed by atoms with Gasteiger partial charge in [-0.2, -0.15) is 0 Å². The van der Waals surface area contributed by atoms with Gasteiger partial charge in [0.05, 0.1) is 0 Å². The van der Waals surface area contributed by atoms with Gasteiger partial charge in [-0.1, -0.05) is 27.2 Å². The van der Waals surface area contributed by atoms with Crippen molar-refractivity contribution < 1.29 is 0 Å². The Kier molecular flexibility index (Phi) is 4.27. The molecule has 0 spiro atoms. The summed E-state index contributed by atoms with van der Waals surface area (Å²) in [5, 5.41) is 0. The van der Waals surface area contributed by atoms with E-state index >= 15 is 0 Å². The number of nitrogens with one attached hydrogen (secondary N) is 1. The second kappa shape index (κ2) is 5.72. The van der Waals surface area contributed by atoms with Crippen LogP contribution in [0.25, 0.3) is 0 Å². The molecule has 2 rings (SSSR count). The minimum absolute atomic E-state index is 0.653. The molecule has 0 saturated heterocycles. The van der Waals surface area contributed by atoms with Crippen LogP contribution >= 0.6 is 0 Å². The van der Waals surface area contributed by atoms with Gasteiger partial charge in [0, 0.05) is 30.4 Å². The zero-order valence-corrected chi connectivity index (χ0v) is 11.5. The number of rotatable bonds is 5. The predicted octanol–water partition coefficient (Wildman–Crippen LogP) is 3.90. The zero-order valence-electron chi connectivity index (χ0n) is 11.5. The lowest BCUT2D eigenvalue weighted by atomic mass is 9.89. The van der Waals surface area contributed by atoms with E-state index in [4.69, 9.17) is 0 Å². The number of hydrogen-bond donors (Lipinski definition) is 1. The molecule has 0 amide bonds. The summed E-state index contributed by atoms with van der Waals surface area (Å²) in [4.78, 5) is 6.20. The number of aromatic nitrogens is 1. The van der Waals surface area contributed by atoms with Crippen LogP contribution in [-0.2, 0) is 6.42 Å². The van der Waals surface area contributed by atoms with Crippen LogP contribution in [-0.4, -0.2) is 22.5 Å². The Morgan fingerprint density at radius 1 is 1.29 bits per heavy atom. The van der Waals surface area contributed by atoms with Crippen LogP contribution in [0.3, 0.4) is 0 Å². The van der Waals surface area contributed by atoms with Gasteiger partial charge in [-0.25, -0.2) is 0 Å². The first-order valence-corrected chi connectivity index (χ1v) is 7.23. The third kappa shape index (κ3) is 2.42. The van der Waals surface area contributed by atoms with E-state index in [2.05, 4.69) is 42.9 Å². The molecule has 0 bridgehead atoms. The summed E-state index contributed by atoms with van der Waals surface area (Å²) in [6, 6.07) is 3.68. The predicted molar refractivity (Wildman–Crippen MR) is 73.2 cm³/mol. The minimum Gasteiger partial charge on any atom is -0.365 e. The third-order valence-electron chi connectivity index (χ3n) is 4.05. The summed E-state index contributed by atoms with van der Waals surface area (Å²) in [6.07, 6.45) is 8.41. The van der Waals surface area contributed by atoms with E-state index in [1.54, 1.807) is 5.56 Å². The molecule has 2 heterocycles. The molecule has 2 atom stereocenters. The molecule has 1 aliphatic rings. The highest BCUT2D eigenvalue weighted by molar-refractivity contribution is 5.28. The van der Waals surface area contributed by atoms with Gasteiger partial charge in [0.25, 0.3) is 0 Å². The maximum Gasteiger partial charge on any atom is 0.0368 e. The quantitative estimate of drug-likeness (QED) is 0.818. The lowest BCUT2D eigenvalue weighted by molar-refractivity contribution is 0.106.